The molecule has 0 unspecified atom stereocenters. The molecular formula is C17F24N4. The number of nitrogens with zero attached hydrogens (tertiary/aromatic N) is 4. The molecule has 0 saturated carbocycles. The van der Waals surface area contributed by atoms with E-state index in [4.69, 9.17) is 0 Å². The first-order valence-corrected chi connectivity index (χ1v) is 9.80. The molecule has 0 bridgehead atoms. The number of hydrogen-bond donors (Lipinski definition) is 0. The summed E-state index contributed by atoms with van der Waals surface area (Å²) in [5.74, 6) is -83.4. The van der Waals surface area contributed by atoms with E-state index in [0.717, 1.165) is 0 Å². The molecule has 1 aromatic heterocycles. The fourth-order valence-electron chi connectivity index (χ4n) is 2.74. The van der Waals surface area contributed by atoms with Crippen LogP contribution in [-0.2, 0) is 5.92 Å². The molecule has 0 aliphatic rings. The van der Waals surface area contributed by atoms with Crippen molar-refractivity contribution in [3.63, 3.8) is 0 Å². The van der Waals surface area contributed by atoms with Gasteiger partial charge in [-0.2, -0.15) is 94.0 Å². The molecule has 0 fully saturated rings. The van der Waals surface area contributed by atoms with Gasteiger partial charge in [-0.25, -0.2) is 22.0 Å². The summed E-state index contributed by atoms with van der Waals surface area (Å²) in [5, 5.41) is -2.28. The number of benzene rings is 1. The third-order valence-electron chi connectivity index (χ3n) is 5.16. The maximum atomic E-state index is 14.4. The van der Waals surface area contributed by atoms with Gasteiger partial charge in [-0.05, 0) is 0 Å². The lowest BCUT2D eigenvalue weighted by Crippen LogP contribution is -2.74. The average Bonchev–Trinajstić information content (AvgIpc) is 2.89. The van der Waals surface area contributed by atoms with Crippen LogP contribution in [0.4, 0.5) is 117 Å². The molecule has 0 saturated heterocycles. The normalized spacial score (nSPS) is 14.7. The van der Waals surface area contributed by atoms with Gasteiger partial charge < -0.3 is 0 Å². The Kier molecular flexibility index (Phi) is 8.71. The summed E-state index contributed by atoms with van der Waals surface area (Å²) in [7, 11) is 0. The molecule has 0 spiro atoms. The van der Waals surface area contributed by atoms with Crippen LogP contribution in [0.2, 0.25) is 0 Å². The van der Waals surface area contributed by atoms with Crippen LogP contribution in [0, 0.1) is 35.2 Å². The van der Waals surface area contributed by atoms with Crippen molar-refractivity contribution in [1.29, 1.82) is 0 Å². The first-order valence-electron chi connectivity index (χ1n) is 9.80. The van der Waals surface area contributed by atoms with Gasteiger partial charge in [0.25, 0.3) is 5.95 Å². The SMILES string of the molecule is Fc1nc(N(F)c2c(F)c(F)c(F)c(F)c2F)nc(C(F)(F)C(F)(F)C(F)(F)C(F)(F)C(F)(F)C(F)(F)C(F)(F)C(F)(F)F)n1. The Hall–Kier alpha value is -3.65. The highest BCUT2D eigenvalue weighted by atomic mass is 19.4. The molecule has 4 nitrogen and oxygen atoms in total. The van der Waals surface area contributed by atoms with Crippen LogP contribution in [0.1, 0.15) is 5.82 Å². The van der Waals surface area contributed by atoms with Crippen LogP contribution in [0.25, 0.3) is 0 Å². The Balaban J connectivity index is 2.77. The van der Waals surface area contributed by atoms with Gasteiger partial charge in [0.05, 0.1) is 0 Å². The third-order valence-corrected chi connectivity index (χ3v) is 5.16. The number of halogens is 24. The minimum Gasteiger partial charge on any atom is -0.201 e. The predicted octanol–water partition coefficient (Wildman–Crippen LogP) is 8.19. The van der Waals surface area contributed by atoms with E-state index in [1.165, 1.54) is 4.98 Å². The summed E-state index contributed by atoms with van der Waals surface area (Å²) in [6.07, 6.45) is -11.3. The zero-order chi connectivity index (χ0) is 35.9. The maximum absolute atomic E-state index is 14.4. The summed E-state index contributed by atoms with van der Waals surface area (Å²) in [6, 6.07) is 0. The second-order valence-corrected chi connectivity index (χ2v) is 7.95. The van der Waals surface area contributed by atoms with Crippen molar-refractivity contribution in [2.75, 3.05) is 5.12 Å². The summed E-state index contributed by atoms with van der Waals surface area (Å²) in [5.41, 5.74) is -3.01. The molecule has 0 aliphatic carbocycles. The van der Waals surface area contributed by atoms with E-state index in [-0.39, 0.29) is 0 Å². The van der Waals surface area contributed by atoms with Crippen molar-refractivity contribution in [2.45, 2.75) is 47.6 Å². The number of anilines is 2. The van der Waals surface area contributed by atoms with Crippen molar-refractivity contribution >= 4 is 11.6 Å². The molecule has 0 aliphatic heterocycles. The average molecular weight is 716 g/mol. The van der Waals surface area contributed by atoms with Crippen molar-refractivity contribution in [3.8, 4) is 0 Å². The molecule has 45 heavy (non-hydrogen) atoms. The fraction of sp³-hybridized carbons (Fsp3) is 0.471. The monoisotopic (exact) mass is 716 g/mol. The van der Waals surface area contributed by atoms with Crippen molar-refractivity contribution in [1.82, 2.24) is 15.0 Å². The Morgan fingerprint density at radius 3 is 1.11 bits per heavy atom. The number of hydrogen-bond acceptors (Lipinski definition) is 4. The molecule has 0 atom stereocenters. The number of rotatable bonds is 9. The largest absolute Gasteiger partial charge is 0.460 e. The number of aromatic nitrogens is 3. The molecule has 2 aromatic rings. The summed E-state index contributed by atoms with van der Waals surface area (Å²) in [6.45, 7) is 0. The third kappa shape index (κ3) is 4.96. The van der Waals surface area contributed by atoms with Crippen LogP contribution >= 0.6 is 0 Å². The van der Waals surface area contributed by atoms with E-state index >= 15 is 0 Å². The van der Waals surface area contributed by atoms with Gasteiger partial charge in [-0.3, -0.25) is 0 Å². The standard InChI is InChI=1S/C17F24N4/c18-1-2(19)4(21)6(5(22)3(1)20)45(41)9-43-7(42-8(23)44-9)10(24,25)11(26,27)12(28,29)13(30,31)14(32,33)15(34,35)16(36,37)17(38,39)40. The van der Waals surface area contributed by atoms with E-state index in [2.05, 4.69) is 0 Å². The van der Waals surface area contributed by atoms with Gasteiger partial charge in [0.1, 0.15) is 0 Å². The quantitative estimate of drug-likeness (QED) is 0.114. The van der Waals surface area contributed by atoms with E-state index in [9.17, 15) is 105 Å². The molecule has 0 amide bonds. The van der Waals surface area contributed by atoms with Gasteiger partial charge in [0, 0.05) is 0 Å². The van der Waals surface area contributed by atoms with Gasteiger partial charge in [-0.15, -0.1) is 5.12 Å². The fourth-order valence-corrected chi connectivity index (χ4v) is 2.74. The van der Waals surface area contributed by atoms with Gasteiger partial charge in [-0.1, -0.05) is 4.48 Å². The zero-order valence-corrected chi connectivity index (χ0v) is 19.4. The smallest absolute Gasteiger partial charge is 0.201 e. The lowest BCUT2D eigenvalue weighted by atomic mass is 9.89. The van der Waals surface area contributed by atoms with Gasteiger partial charge in [0.2, 0.25) is 11.6 Å². The molecule has 256 valence electrons. The summed E-state index contributed by atoms with van der Waals surface area (Å²) >= 11 is 0. The zero-order valence-electron chi connectivity index (χ0n) is 19.4. The highest BCUT2D eigenvalue weighted by Crippen LogP contribution is 2.64. The summed E-state index contributed by atoms with van der Waals surface area (Å²) < 4.78 is 323. The van der Waals surface area contributed by atoms with Crippen molar-refractivity contribution in [2.24, 2.45) is 0 Å². The van der Waals surface area contributed by atoms with E-state index in [1.54, 1.807) is 4.98 Å². The molecular weight excluding hydrogens is 716 g/mol. The van der Waals surface area contributed by atoms with Crippen molar-refractivity contribution in [3.05, 3.63) is 41.0 Å². The van der Waals surface area contributed by atoms with Crippen molar-refractivity contribution < 1.29 is 105 Å². The molecule has 1 heterocycles. The van der Waals surface area contributed by atoms with Crippen LogP contribution in [0.5, 0.6) is 0 Å². The second kappa shape index (κ2) is 10.4. The molecule has 28 heteroatoms. The van der Waals surface area contributed by atoms with Crippen LogP contribution in [0.15, 0.2) is 0 Å². The summed E-state index contributed by atoms with van der Waals surface area (Å²) in [4.78, 5) is 4.89. The molecule has 2 rings (SSSR count). The van der Waals surface area contributed by atoms with Crippen LogP contribution < -0.4 is 5.12 Å². The lowest BCUT2D eigenvalue weighted by Gasteiger charge is -2.42. The molecule has 0 N–H and O–H groups in total. The maximum Gasteiger partial charge on any atom is 0.460 e. The van der Waals surface area contributed by atoms with E-state index < -0.39 is 105 Å². The first kappa shape index (κ1) is 37.5. The topological polar surface area (TPSA) is 41.9 Å². The molecule has 0 radical (unpaired) electrons. The Bertz CT molecular complexity index is 1440. The number of alkyl halides is 17. The highest BCUT2D eigenvalue weighted by molar-refractivity contribution is 5.56. The van der Waals surface area contributed by atoms with Crippen LogP contribution in [-0.4, -0.2) is 56.7 Å². The van der Waals surface area contributed by atoms with Crippen LogP contribution in [0.3, 0.4) is 0 Å². The van der Waals surface area contributed by atoms with Gasteiger partial charge in [0.15, 0.2) is 29.0 Å². The lowest BCUT2D eigenvalue weighted by molar-refractivity contribution is -0.463. The Morgan fingerprint density at radius 1 is 0.400 bits per heavy atom. The van der Waals surface area contributed by atoms with Gasteiger partial charge >= 0.3 is 53.7 Å². The van der Waals surface area contributed by atoms with E-state index in [0.29, 0.717) is 0 Å². The molecule has 1 aromatic carbocycles. The minimum absolute atomic E-state index is 1.43. The predicted molar refractivity (Wildman–Crippen MR) is 88.9 cm³/mol. The second-order valence-electron chi connectivity index (χ2n) is 7.95. The minimum atomic E-state index is -9.08. The van der Waals surface area contributed by atoms with E-state index in [1.807, 2.05) is 4.98 Å². The Morgan fingerprint density at radius 2 is 0.733 bits per heavy atom. The highest BCUT2D eigenvalue weighted by Gasteiger charge is 2.95. The Labute approximate surface area is 227 Å². The first-order chi connectivity index (χ1) is 19.7.